The summed E-state index contributed by atoms with van der Waals surface area (Å²) in [6, 6.07) is 4.28. The Hall–Kier alpha value is -1.13. The van der Waals surface area contributed by atoms with Crippen LogP contribution in [0.4, 0.5) is 5.82 Å². The highest BCUT2D eigenvalue weighted by Crippen LogP contribution is 2.23. The van der Waals surface area contributed by atoms with Crippen molar-refractivity contribution >= 4 is 5.82 Å². The number of rotatable bonds is 3. The van der Waals surface area contributed by atoms with Crippen LogP contribution in [0.25, 0.3) is 0 Å². The molecular weight excluding hydrogens is 226 g/mol. The second-order valence-corrected chi connectivity index (χ2v) is 5.12. The lowest BCUT2D eigenvalue weighted by Gasteiger charge is -2.29. The van der Waals surface area contributed by atoms with Gasteiger partial charge in [-0.2, -0.15) is 0 Å². The van der Waals surface area contributed by atoms with Crippen molar-refractivity contribution in [2.75, 3.05) is 18.1 Å². The van der Waals surface area contributed by atoms with E-state index in [4.69, 9.17) is 5.73 Å². The summed E-state index contributed by atoms with van der Waals surface area (Å²) < 4.78 is 0. The molecule has 0 spiro atoms. The van der Waals surface area contributed by atoms with Gasteiger partial charge < -0.3 is 15.7 Å². The SMILES string of the molecule is C[C@@H](N)c1ccc(N2CCCCCC2CO)nc1. The molecule has 4 nitrogen and oxygen atoms in total. The van der Waals surface area contributed by atoms with Gasteiger partial charge >= 0.3 is 0 Å². The monoisotopic (exact) mass is 249 g/mol. The first-order valence-corrected chi connectivity index (χ1v) is 6.81. The predicted octanol–water partition coefficient (Wildman–Crippen LogP) is 1.84. The molecule has 1 fully saturated rings. The maximum absolute atomic E-state index is 9.50. The van der Waals surface area contributed by atoms with Crippen LogP contribution < -0.4 is 10.6 Å². The van der Waals surface area contributed by atoms with Crippen LogP contribution in [0.1, 0.15) is 44.2 Å². The van der Waals surface area contributed by atoms with Gasteiger partial charge in [-0.3, -0.25) is 0 Å². The van der Waals surface area contributed by atoms with Crippen molar-refractivity contribution in [1.29, 1.82) is 0 Å². The van der Waals surface area contributed by atoms with Gasteiger partial charge in [0.05, 0.1) is 12.6 Å². The fraction of sp³-hybridized carbons (Fsp3) is 0.643. The standard InChI is InChI=1S/C14H23N3O/c1-11(15)12-6-7-14(16-9-12)17-8-4-2-3-5-13(17)10-18/h6-7,9,11,13,18H,2-5,8,10,15H2,1H3/t11-,13?/m1/s1. The Balaban J connectivity index is 2.16. The van der Waals surface area contributed by atoms with E-state index < -0.39 is 0 Å². The molecule has 1 aromatic heterocycles. The third-order valence-electron chi connectivity index (χ3n) is 3.68. The average Bonchev–Trinajstić information content (AvgIpc) is 2.63. The molecule has 0 saturated carbocycles. The van der Waals surface area contributed by atoms with E-state index in [2.05, 4.69) is 9.88 Å². The van der Waals surface area contributed by atoms with Crippen LogP contribution in [0, 0.1) is 0 Å². The van der Waals surface area contributed by atoms with Crippen molar-refractivity contribution in [2.24, 2.45) is 5.73 Å². The molecule has 1 aliphatic heterocycles. The molecule has 18 heavy (non-hydrogen) atoms. The molecular formula is C14H23N3O. The highest BCUT2D eigenvalue weighted by molar-refractivity contribution is 5.41. The van der Waals surface area contributed by atoms with Gasteiger partial charge in [0.2, 0.25) is 0 Å². The van der Waals surface area contributed by atoms with E-state index in [0.29, 0.717) is 0 Å². The second kappa shape index (κ2) is 6.16. The maximum Gasteiger partial charge on any atom is 0.128 e. The Morgan fingerprint density at radius 3 is 2.89 bits per heavy atom. The van der Waals surface area contributed by atoms with Crippen molar-refractivity contribution in [1.82, 2.24) is 4.98 Å². The summed E-state index contributed by atoms with van der Waals surface area (Å²) in [6.07, 6.45) is 6.50. The van der Waals surface area contributed by atoms with Crippen molar-refractivity contribution in [2.45, 2.75) is 44.7 Å². The van der Waals surface area contributed by atoms with E-state index in [1.165, 1.54) is 19.3 Å². The smallest absolute Gasteiger partial charge is 0.128 e. The molecule has 1 unspecified atom stereocenters. The van der Waals surface area contributed by atoms with Crippen LogP contribution in [0.5, 0.6) is 0 Å². The van der Waals surface area contributed by atoms with E-state index in [9.17, 15) is 5.11 Å². The summed E-state index contributed by atoms with van der Waals surface area (Å²) >= 11 is 0. The maximum atomic E-state index is 9.50. The first-order chi connectivity index (χ1) is 8.72. The molecule has 0 aliphatic carbocycles. The van der Waals surface area contributed by atoms with Gasteiger partial charge in [0.15, 0.2) is 0 Å². The van der Waals surface area contributed by atoms with Gasteiger partial charge in [0.25, 0.3) is 0 Å². The zero-order valence-electron chi connectivity index (χ0n) is 11.0. The van der Waals surface area contributed by atoms with Crippen LogP contribution in [0.15, 0.2) is 18.3 Å². The molecule has 4 heteroatoms. The largest absolute Gasteiger partial charge is 0.394 e. The number of hydrogen-bond donors (Lipinski definition) is 2. The van der Waals surface area contributed by atoms with E-state index in [1.54, 1.807) is 0 Å². The van der Waals surface area contributed by atoms with Crippen LogP contribution in [-0.4, -0.2) is 29.3 Å². The van der Waals surface area contributed by atoms with Crippen LogP contribution >= 0.6 is 0 Å². The highest BCUT2D eigenvalue weighted by Gasteiger charge is 2.21. The lowest BCUT2D eigenvalue weighted by Crippen LogP contribution is -2.38. The fourth-order valence-electron chi connectivity index (χ4n) is 2.51. The molecule has 1 saturated heterocycles. The summed E-state index contributed by atoms with van der Waals surface area (Å²) in [4.78, 5) is 6.73. The van der Waals surface area contributed by atoms with Crippen LogP contribution in [-0.2, 0) is 0 Å². The summed E-state index contributed by atoms with van der Waals surface area (Å²) in [7, 11) is 0. The van der Waals surface area contributed by atoms with Crippen molar-refractivity contribution in [3.8, 4) is 0 Å². The van der Waals surface area contributed by atoms with Crippen LogP contribution in [0.3, 0.4) is 0 Å². The first-order valence-electron chi connectivity index (χ1n) is 6.81. The number of aromatic nitrogens is 1. The minimum absolute atomic E-state index is 0.0179. The Morgan fingerprint density at radius 2 is 2.28 bits per heavy atom. The van der Waals surface area contributed by atoms with Crippen LogP contribution in [0.2, 0.25) is 0 Å². The first kappa shape index (κ1) is 13.3. The Labute approximate surface area is 109 Å². The van der Waals surface area contributed by atoms with E-state index in [1.807, 2.05) is 25.3 Å². The number of aliphatic hydroxyl groups excluding tert-OH is 1. The second-order valence-electron chi connectivity index (χ2n) is 5.12. The zero-order valence-corrected chi connectivity index (χ0v) is 11.0. The van der Waals surface area contributed by atoms with Gasteiger partial charge in [-0.1, -0.05) is 18.9 Å². The van der Waals surface area contributed by atoms with Gasteiger partial charge in [0.1, 0.15) is 5.82 Å². The summed E-state index contributed by atoms with van der Waals surface area (Å²) in [5.41, 5.74) is 6.88. The van der Waals surface area contributed by atoms with Crippen molar-refractivity contribution in [3.63, 3.8) is 0 Å². The average molecular weight is 249 g/mol. The highest BCUT2D eigenvalue weighted by atomic mass is 16.3. The molecule has 3 N–H and O–H groups in total. The third-order valence-corrected chi connectivity index (χ3v) is 3.68. The van der Waals surface area contributed by atoms with E-state index >= 15 is 0 Å². The molecule has 0 aromatic carbocycles. The van der Waals surface area contributed by atoms with E-state index in [0.717, 1.165) is 24.3 Å². The molecule has 1 aromatic rings. The minimum Gasteiger partial charge on any atom is -0.394 e. The molecule has 2 atom stereocenters. The predicted molar refractivity (Wildman–Crippen MR) is 73.5 cm³/mol. The summed E-state index contributed by atoms with van der Waals surface area (Å²) in [5, 5.41) is 9.50. The lowest BCUT2D eigenvalue weighted by atomic mass is 10.1. The Kier molecular flexibility index (Phi) is 4.55. The van der Waals surface area contributed by atoms with Gasteiger partial charge in [-0.05, 0) is 31.4 Å². The van der Waals surface area contributed by atoms with Gasteiger partial charge in [-0.25, -0.2) is 4.98 Å². The molecule has 2 heterocycles. The Bertz CT molecular complexity index is 364. The summed E-state index contributed by atoms with van der Waals surface area (Å²) in [5.74, 6) is 0.959. The number of pyridine rings is 1. The zero-order chi connectivity index (χ0) is 13.0. The Morgan fingerprint density at radius 1 is 1.44 bits per heavy atom. The third kappa shape index (κ3) is 3.00. The molecule has 2 rings (SSSR count). The molecule has 0 amide bonds. The van der Waals surface area contributed by atoms with Gasteiger partial charge in [0, 0.05) is 18.8 Å². The van der Waals surface area contributed by atoms with Crippen molar-refractivity contribution < 1.29 is 5.11 Å². The number of nitrogens with two attached hydrogens (primary N) is 1. The normalized spacial score (nSPS) is 22.6. The molecule has 100 valence electrons. The number of nitrogens with zero attached hydrogens (tertiary/aromatic N) is 2. The van der Waals surface area contributed by atoms with Gasteiger partial charge in [-0.15, -0.1) is 0 Å². The van der Waals surface area contributed by atoms with E-state index in [-0.39, 0.29) is 18.7 Å². The quantitative estimate of drug-likeness (QED) is 0.858. The molecule has 1 aliphatic rings. The molecule has 0 bridgehead atoms. The fourth-order valence-corrected chi connectivity index (χ4v) is 2.51. The molecule has 0 radical (unpaired) electrons. The van der Waals surface area contributed by atoms with Crippen molar-refractivity contribution in [3.05, 3.63) is 23.9 Å². The summed E-state index contributed by atoms with van der Waals surface area (Å²) in [6.45, 7) is 3.14. The topological polar surface area (TPSA) is 62.4 Å². The lowest BCUT2D eigenvalue weighted by molar-refractivity contribution is 0.254. The number of hydrogen-bond acceptors (Lipinski definition) is 4. The number of aliphatic hydroxyl groups is 1. The number of anilines is 1. The minimum atomic E-state index is 0.0179.